The highest BCUT2D eigenvalue weighted by Crippen LogP contribution is 2.17. The zero-order chi connectivity index (χ0) is 22.7. The number of carbonyl (C=O) groups excluding carboxylic acids is 3. The Bertz CT molecular complexity index is 526. The van der Waals surface area contributed by atoms with Crippen molar-refractivity contribution < 1.29 is 33.8 Å². The van der Waals surface area contributed by atoms with Crippen molar-refractivity contribution in [3.8, 4) is 0 Å². The molecule has 1 heterocycles. The first-order valence-electron chi connectivity index (χ1n) is 9.84. The van der Waals surface area contributed by atoms with Gasteiger partial charge in [0.25, 0.3) is 0 Å². The number of hydrogen-bond acceptors (Lipinski definition) is 6. The molecule has 1 saturated heterocycles. The summed E-state index contributed by atoms with van der Waals surface area (Å²) in [6, 6.07) is 0. The number of ether oxygens (including phenoxy) is 2. The van der Waals surface area contributed by atoms with E-state index in [0.29, 0.717) is 6.61 Å². The Morgan fingerprint density at radius 1 is 1.10 bits per heavy atom. The molecule has 0 aromatic carbocycles. The maximum absolute atomic E-state index is 10.8. The summed E-state index contributed by atoms with van der Waals surface area (Å²) in [6.45, 7) is 12.2. The molecule has 1 aliphatic rings. The molecule has 0 aromatic heterocycles. The molecule has 0 aliphatic carbocycles. The standard InChI is InChI=1S/2C9H14O3.C4H8O/c1-4-6(2)8(9(11)12)5-7(3)10;1-3-4-7-12-9(11)6-5-8(2)10;1-2-4-5-3-1/h4,6,8H,1,5H2,2-3H3,(H,11,12);3-4H,5-7H2,1-2H3;1-4H2/b;4-3-;/t6-,8?;;/m1../s1. The van der Waals surface area contributed by atoms with Crippen LogP contribution >= 0.6 is 0 Å². The molecular formula is C22H36O7. The van der Waals surface area contributed by atoms with Crippen LogP contribution in [0.4, 0.5) is 0 Å². The van der Waals surface area contributed by atoms with Crippen LogP contribution in [0.2, 0.25) is 0 Å². The lowest BCUT2D eigenvalue weighted by molar-refractivity contribution is -0.145. The zero-order valence-electron chi connectivity index (χ0n) is 18.1. The average Bonchev–Trinajstić information content (AvgIpc) is 3.24. The average molecular weight is 413 g/mol. The summed E-state index contributed by atoms with van der Waals surface area (Å²) in [5.74, 6) is -2.12. The highest BCUT2D eigenvalue weighted by atomic mass is 16.5. The molecule has 0 saturated carbocycles. The van der Waals surface area contributed by atoms with E-state index < -0.39 is 11.9 Å². The lowest BCUT2D eigenvalue weighted by Gasteiger charge is -2.14. The van der Waals surface area contributed by atoms with E-state index in [0.717, 1.165) is 13.2 Å². The number of hydrogen-bond donors (Lipinski definition) is 1. The van der Waals surface area contributed by atoms with Crippen molar-refractivity contribution in [2.75, 3.05) is 19.8 Å². The molecule has 1 unspecified atom stereocenters. The normalized spacial score (nSPS) is 14.5. The van der Waals surface area contributed by atoms with Crippen LogP contribution in [-0.2, 0) is 28.7 Å². The Morgan fingerprint density at radius 3 is 2.03 bits per heavy atom. The molecule has 0 bridgehead atoms. The molecule has 1 rings (SSSR count). The van der Waals surface area contributed by atoms with Gasteiger partial charge in [-0.05, 0) is 39.5 Å². The summed E-state index contributed by atoms with van der Waals surface area (Å²) in [7, 11) is 0. The maximum Gasteiger partial charge on any atom is 0.307 e. The first-order chi connectivity index (χ1) is 13.6. The van der Waals surface area contributed by atoms with E-state index in [9.17, 15) is 19.2 Å². The number of allylic oxidation sites excluding steroid dienone is 2. The molecule has 0 spiro atoms. The molecule has 7 heteroatoms. The van der Waals surface area contributed by atoms with E-state index in [4.69, 9.17) is 14.6 Å². The molecule has 0 amide bonds. The van der Waals surface area contributed by atoms with Crippen molar-refractivity contribution in [1.82, 2.24) is 0 Å². The Kier molecular flexibility index (Phi) is 19.0. The van der Waals surface area contributed by atoms with Gasteiger partial charge in [-0.25, -0.2) is 0 Å². The number of ketones is 2. The van der Waals surface area contributed by atoms with Gasteiger partial charge in [0.2, 0.25) is 0 Å². The van der Waals surface area contributed by atoms with Crippen molar-refractivity contribution >= 4 is 23.5 Å². The first-order valence-corrected chi connectivity index (χ1v) is 9.84. The fourth-order valence-corrected chi connectivity index (χ4v) is 2.07. The Hall–Kier alpha value is -2.28. The van der Waals surface area contributed by atoms with E-state index in [1.807, 2.05) is 6.92 Å². The van der Waals surface area contributed by atoms with Crippen LogP contribution in [0.1, 0.15) is 59.8 Å². The predicted molar refractivity (Wildman–Crippen MR) is 112 cm³/mol. The number of aliphatic carboxylic acids is 1. The van der Waals surface area contributed by atoms with Crippen molar-refractivity contribution in [3.05, 3.63) is 24.8 Å². The molecule has 2 atom stereocenters. The van der Waals surface area contributed by atoms with Crippen LogP contribution in [0.5, 0.6) is 0 Å². The Labute approximate surface area is 174 Å². The van der Waals surface area contributed by atoms with E-state index >= 15 is 0 Å². The minimum Gasteiger partial charge on any atom is -0.481 e. The molecule has 0 radical (unpaired) electrons. The lowest BCUT2D eigenvalue weighted by atomic mass is 9.90. The van der Waals surface area contributed by atoms with Crippen LogP contribution in [0.15, 0.2) is 24.8 Å². The molecule has 7 nitrogen and oxygen atoms in total. The van der Waals surface area contributed by atoms with Crippen molar-refractivity contribution in [2.45, 2.75) is 59.8 Å². The third-order valence-corrected chi connectivity index (χ3v) is 3.92. The first kappa shape index (κ1) is 28.9. The Morgan fingerprint density at radius 2 is 1.69 bits per heavy atom. The largest absolute Gasteiger partial charge is 0.481 e. The number of carbonyl (C=O) groups is 4. The van der Waals surface area contributed by atoms with Crippen LogP contribution in [0.3, 0.4) is 0 Å². The number of carboxylic acid groups (broad SMARTS) is 1. The van der Waals surface area contributed by atoms with Crippen LogP contribution in [0, 0.1) is 11.8 Å². The lowest BCUT2D eigenvalue weighted by Crippen LogP contribution is -2.22. The van der Waals surface area contributed by atoms with Gasteiger partial charge in [0.05, 0.1) is 12.3 Å². The second-order valence-corrected chi connectivity index (χ2v) is 6.72. The van der Waals surface area contributed by atoms with Crippen LogP contribution in [0.25, 0.3) is 0 Å². The second-order valence-electron chi connectivity index (χ2n) is 6.72. The summed E-state index contributed by atoms with van der Waals surface area (Å²) in [5, 5.41) is 8.72. The summed E-state index contributed by atoms with van der Waals surface area (Å²) >= 11 is 0. The molecule has 166 valence electrons. The summed E-state index contributed by atoms with van der Waals surface area (Å²) < 4.78 is 9.70. The molecule has 1 N–H and O–H groups in total. The fraction of sp³-hybridized carbons (Fsp3) is 0.636. The van der Waals surface area contributed by atoms with E-state index in [1.165, 1.54) is 26.7 Å². The number of Topliss-reactive ketones (excluding diaryl/α,β-unsaturated/α-hetero) is 2. The fourth-order valence-electron chi connectivity index (χ4n) is 2.07. The van der Waals surface area contributed by atoms with Crippen LogP contribution in [-0.4, -0.2) is 48.4 Å². The maximum atomic E-state index is 10.8. The molecule has 1 fully saturated rings. The van der Waals surface area contributed by atoms with Gasteiger partial charge in [-0.15, -0.1) is 6.58 Å². The third kappa shape index (κ3) is 20.3. The van der Waals surface area contributed by atoms with Gasteiger partial charge in [0, 0.05) is 26.1 Å². The minimum absolute atomic E-state index is 0.0120. The van der Waals surface area contributed by atoms with E-state index in [1.54, 1.807) is 25.2 Å². The summed E-state index contributed by atoms with van der Waals surface area (Å²) in [4.78, 5) is 42.6. The van der Waals surface area contributed by atoms with Crippen molar-refractivity contribution in [1.29, 1.82) is 0 Å². The van der Waals surface area contributed by atoms with Gasteiger partial charge in [0.15, 0.2) is 0 Å². The molecule has 1 aliphatic heterocycles. The van der Waals surface area contributed by atoms with Gasteiger partial charge in [-0.2, -0.15) is 0 Å². The molecular weight excluding hydrogens is 376 g/mol. The van der Waals surface area contributed by atoms with Gasteiger partial charge < -0.3 is 24.2 Å². The minimum atomic E-state index is -0.933. The van der Waals surface area contributed by atoms with Gasteiger partial charge in [-0.3, -0.25) is 9.59 Å². The number of esters is 1. The van der Waals surface area contributed by atoms with E-state index in [-0.39, 0.29) is 42.7 Å². The van der Waals surface area contributed by atoms with Crippen molar-refractivity contribution in [3.63, 3.8) is 0 Å². The molecule has 29 heavy (non-hydrogen) atoms. The van der Waals surface area contributed by atoms with Crippen molar-refractivity contribution in [2.24, 2.45) is 11.8 Å². The quantitative estimate of drug-likeness (QED) is 0.430. The third-order valence-electron chi connectivity index (χ3n) is 3.92. The number of rotatable bonds is 10. The zero-order valence-corrected chi connectivity index (χ0v) is 18.1. The monoisotopic (exact) mass is 412 g/mol. The van der Waals surface area contributed by atoms with E-state index in [2.05, 4.69) is 6.58 Å². The smallest absolute Gasteiger partial charge is 0.307 e. The number of carboxylic acids is 1. The topological polar surface area (TPSA) is 107 Å². The highest BCUT2D eigenvalue weighted by Gasteiger charge is 2.23. The summed E-state index contributed by atoms with van der Waals surface area (Å²) in [5.41, 5.74) is 0. The van der Waals surface area contributed by atoms with Crippen LogP contribution < -0.4 is 0 Å². The summed E-state index contributed by atoms with van der Waals surface area (Å²) in [6.07, 6.45) is 8.20. The van der Waals surface area contributed by atoms with Gasteiger partial charge in [-0.1, -0.05) is 25.2 Å². The van der Waals surface area contributed by atoms with Gasteiger partial charge in [0.1, 0.15) is 18.2 Å². The van der Waals surface area contributed by atoms with Gasteiger partial charge >= 0.3 is 11.9 Å². The second kappa shape index (κ2) is 19.1. The predicted octanol–water partition coefficient (Wildman–Crippen LogP) is 3.76. The SMILES string of the molecule is C/C=C\COC(=O)CCC(C)=O.C1CCOC1.C=C[C@@H](C)C(CC(C)=O)C(=O)O. The molecule has 0 aromatic rings. The highest BCUT2D eigenvalue weighted by molar-refractivity contribution is 5.82. The Balaban J connectivity index is 0.